The average Bonchev–Trinajstić information content (AvgIpc) is 2.24. The predicted octanol–water partition coefficient (Wildman–Crippen LogP) is 2.63. The van der Waals surface area contributed by atoms with Gasteiger partial charge in [-0.05, 0) is 17.4 Å². The molecule has 0 aliphatic heterocycles. The van der Waals surface area contributed by atoms with Gasteiger partial charge in [0.05, 0.1) is 0 Å². The van der Waals surface area contributed by atoms with Crippen LogP contribution in [0.2, 0.25) is 0 Å². The number of hydrogen-bond donors (Lipinski definition) is 1. The molecule has 0 aliphatic carbocycles. The molecular formula is C13H19FN2O. The first kappa shape index (κ1) is 13.6. The van der Waals surface area contributed by atoms with Crippen molar-refractivity contribution in [2.24, 2.45) is 11.3 Å². The first-order chi connectivity index (χ1) is 7.80. The van der Waals surface area contributed by atoms with Crippen molar-refractivity contribution in [3.8, 4) is 0 Å². The molecule has 0 radical (unpaired) electrons. The van der Waals surface area contributed by atoms with E-state index in [2.05, 4.69) is 38.0 Å². The molecule has 0 bridgehead atoms. The molecule has 0 aliphatic rings. The molecule has 94 valence electrons. The molecular weight excluding hydrogens is 219 g/mol. The Morgan fingerprint density at radius 3 is 2.71 bits per heavy atom. The first-order valence-electron chi connectivity index (χ1n) is 5.70. The number of carbonyl (C=O) groups excluding carboxylic acids is 1. The third-order valence-corrected chi connectivity index (χ3v) is 3.04. The molecule has 17 heavy (non-hydrogen) atoms. The number of pyridine rings is 1. The summed E-state index contributed by atoms with van der Waals surface area (Å²) in [6, 6.07) is 2.64. The van der Waals surface area contributed by atoms with Gasteiger partial charge >= 0.3 is 0 Å². The highest BCUT2D eigenvalue weighted by molar-refractivity contribution is 5.93. The minimum Gasteiger partial charge on any atom is -0.352 e. The number of nitrogens with zero attached hydrogens (tertiary/aromatic N) is 1. The van der Waals surface area contributed by atoms with Crippen LogP contribution in [0.15, 0.2) is 18.3 Å². The van der Waals surface area contributed by atoms with Crippen LogP contribution >= 0.6 is 0 Å². The van der Waals surface area contributed by atoms with E-state index in [0.29, 0.717) is 18.0 Å². The lowest BCUT2D eigenvalue weighted by atomic mass is 9.82. The lowest BCUT2D eigenvalue weighted by molar-refractivity contribution is 0.0936. The Bertz CT molecular complexity index is 399. The van der Waals surface area contributed by atoms with Crippen molar-refractivity contribution < 1.29 is 9.18 Å². The fourth-order valence-electron chi connectivity index (χ4n) is 1.20. The van der Waals surface area contributed by atoms with Gasteiger partial charge in [0.2, 0.25) is 5.95 Å². The van der Waals surface area contributed by atoms with Crippen LogP contribution in [0.25, 0.3) is 0 Å². The predicted molar refractivity (Wildman–Crippen MR) is 65.1 cm³/mol. The summed E-state index contributed by atoms with van der Waals surface area (Å²) in [5.41, 5.74) is 0.440. The average molecular weight is 238 g/mol. The molecule has 0 spiro atoms. The SMILES string of the molecule is CC(CNC(=O)c1ccnc(F)c1)C(C)(C)C. The van der Waals surface area contributed by atoms with Gasteiger partial charge in [-0.25, -0.2) is 4.98 Å². The molecule has 1 N–H and O–H groups in total. The number of rotatable bonds is 3. The van der Waals surface area contributed by atoms with Crippen LogP contribution < -0.4 is 5.32 Å². The highest BCUT2D eigenvalue weighted by Gasteiger charge is 2.20. The van der Waals surface area contributed by atoms with Crippen molar-refractivity contribution in [3.63, 3.8) is 0 Å². The van der Waals surface area contributed by atoms with Gasteiger partial charge < -0.3 is 5.32 Å². The minimum absolute atomic E-state index is 0.136. The summed E-state index contributed by atoms with van der Waals surface area (Å²) in [5.74, 6) is -0.554. The second-order valence-electron chi connectivity index (χ2n) is 5.34. The van der Waals surface area contributed by atoms with Crippen LogP contribution in [-0.4, -0.2) is 17.4 Å². The quantitative estimate of drug-likeness (QED) is 0.822. The Morgan fingerprint density at radius 2 is 2.18 bits per heavy atom. The molecule has 1 atom stereocenters. The van der Waals surface area contributed by atoms with E-state index >= 15 is 0 Å². The first-order valence-corrected chi connectivity index (χ1v) is 5.70. The van der Waals surface area contributed by atoms with Crippen molar-refractivity contribution in [3.05, 3.63) is 29.8 Å². The molecule has 0 saturated carbocycles. The fraction of sp³-hybridized carbons (Fsp3) is 0.538. The largest absolute Gasteiger partial charge is 0.352 e. The molecule has 0 saturated heterocycles. The molecule has 0 aromatic carbocycles. The van der Waals surface area contributed by atoms with Gasteiger partial charge in [0, 0.05) is 24.4 Å². The van der Waals surface area contributed by atoms with E-state index in [1.807, 2.05) is 0 Å². The molecule has 1 unspecified atom stereocenters. The van der Waals surface area contributed by atoms with Gasteiger partial charge in [0.1, 0.15) is 0 Å². The normalized spacial score (nSPS) is 13.2. The highest BCUT2D eigenvalue weighted by atomic mass is 19.1. The summed E-state index contributed by atoms with van der Waals surface area (Å²) in [6.45, 7) is 9.02. The van der Waals surface area contributed by atoms with E-state index in [4.69, 9.17) is 0 Å². The van der Waals surface area contributed by atoms with Gasteiger partial charge in [-0.1, -0.05) is 27.7 Å². The van der Waals surface area contributed by atoms with Gasteiger partial charge in [0.25, 0.3) is 5.91 Å². The van der Waals surface area contributed by atoms with Gasteiger partial charge in [-0.2, -0.15) is 4.39 Å². The second kappa shape index (κ2) is 5.25. The van der Waals surface area contributed by atoms with Gasteiger partial charge in [-0.3, -0.25) is 4.79 Å². The molecule has 1 aromatic rings. The summed E-state index contributed by atoms with van der Waals surface area (Å²) < 4.78 is 12.8. The topological polar surface area (TPSA) is 42.0 Å². The van der Waals surface area contributed by atoms with Crippen molar-refractivity contribution >= 4 is 5.91 Å². The van der Waals surface area contributed by atoms with Crippen molar-refractivity contribution in [2.75, 3.05) is 6.54 Å². The van der Waals surface area contributed by atoms with Crippen LogP contribution in [-0.2, 0) is 0 Å². The van der Waals surface area contributed by atoms with E-state index in [1.54, 1.807) is 0 Å². The van der Waals surface area contributed by atoms with Crippen LogP contribution in [0.1, 0.15) is 38.1 Å². The number of amides is 1. The third kappa shape index (κ3) is 4.13. The second-order valence-corrected chi connectivity index (χ2v) is 5.34. The minimum atomic E-state index is -0.637. The summed E-state index contributed by atoms with van der Waals surface area (Å²) in [7, 11) is 0. The Morgan fingerprint density at radius 1 is 1.53 bits per heavy atom. The molecule has 4 heteroatoms. The molecule has 0 fully saturated rings. The van der Waals surface area contributed by atoms with Crippen LogP contribution in [0.3, 0.4) is 0 Å². The molecule has 3 nitrogen and oxygen atoms in total. The van der Waals surface area contributed by atoms with E-state index < -0.39 is 5.95 Å². The molecule has 1 rings (SSSR count). The van der Waals surface area contributed by atoms with E-state index in [1.165, 1.54) is 12.3 Å². The lowest BCUT2D eigenvalue weighted by Crippen LogP contribution is -2.33. The summed E-state index contributed by atoms with van der Waals surface area (Å²) in [5, 5.41) is 2.80. The van der Waals surface area contributed by atoms with Crippen LogP contribution in [0, 0.1) is 17.3 Å². The number of carbonyl (C=O) groups is 1. The maximum absolute atomic E-state index is 12.8. The fourth-order valence-corrected chi connectivity index (χ4v) is 1.20. The smallest absolute Gasteiger partial charge is 0.251 e. The van der Waals surface area contributed by atoms with E-state index in [-0.39, 0.29) is 11.3 Å². The highest BCUT2D eigenvalue weighted by Crippen LogP contribution is 2.24. The maximum Gasteiger partial charge on any atom is 0.251 e. The zero-order valence-electron chi connectivity index (χ0n) is 10.7. The Kier molecular flexibility index (Phi) is 4.21. The Balaban J connectivity index is 2.57. The molecule has 1 aromatic heterocycles. The van der Waals surface area contributed by atoms with E-state index in [9.17, 15) is 9.18 Å². The number of nitrogens with one attached hydrogen (secondary N) is 1. The summed E-state index contributed by atoms with van der Waals surface area (Å²) in [6.07, 6.45) is 1.29. The van der Waals surface area contributed by atoms with E-state index in [0.717, 1.165) is 6.07 Å². The van der Waals surface area contributed by atoms with Gasteiger partial charge in [-0.15, -0.1) is 0 Å². The Labute approximate surface area is 101 Å². The van der Waals surface area contributed by atoms with Crippen LogP contribution in [0.4, 0.5) is 4.39 Å². The number of aromatic nitrogens is 1. The number of halogens is 1. The maximum atomic E-state index is 12.8. The van der Waals surface area contributed by atoms with Crippen LogP contribution in [0.5, 0.6) is 0 Å². The summed E-state index contributed by atoms with van der Waals surface area (Å²) >= 11 is 0. The summed E-state index contributed by atoms with van der Waals surface area (Å²) in [4.78, 5) is 15.1. The van der Waals surface area contributed by atoms with Crippen molar-refractivity contribution in [1.82, 2.24) is 10.3 Å². The zero-order valence-corrected chi connectivity index (χ0v) is 10.7. The Hall–Kier alpha value is -1.45. The lowest BCUT2D eigenvalue weighted by Gasteiger charge is -2.27. The monoisotopic (exact) mass is 238 g/mol. The van der Waals surface area contributed by atoms with Crippen molar-refractivity contribution in [2.45, 2.75) is 27.7 Å². The number of hydrogen-bond acceptors (Lipinski definition) is 2. The molecule has 1 amide bonds. The zero-order chi connectivity index (χ0) is 13.1. The molecule has 1 heterocycles. The van der Waals surface area contributed by atoms with Crippen molar-refractivity contribution in [1.29, 1.82) is 0 Å². The third-order valence-electron chi connectivity index (χ3n) is 3.04. The standard InChI is InChI=1S/C13H19FN2O/c1-9(13(2,3)4)8-16-12(17)10-5-6-15-11(14)7-10/h5-7,9H,8H2,1-4H3,(H,16,17). The van der Waals surface area contributed by atoms with Gasteiger partial charge in [0.15, 0.2) is 0 Å².